The Balaban J connectivity index is 1.50. The average molecular weight is 333 g/mol. The van der Waals surface area contributed by atoms with E-state index in [9.17, 15) is 4.79 Å². The van der Waals surface area contributed by atoms with Crippen molar-refractivity contribution in [3.8, 4) is 0 Å². The highest BCUT2D eigenvalue weighted by Gasteiger charge is 2.22. The lowest BCUT2D eigenvalue weighted by Crippen LogP contribution is -2.39. The number of anilines is 1. The summed E-state index contributed by atoms with van der Waals surface area (Å²) in [5, 5.41) is 3.22. The molecule has 2 fully saturated rings. The van der Waals surface area contributed by atoms with Gasteiger partial charge >= 0.3 is 0 Å². The Morgan fingerprint density at radius 1 is 1.29 bits per heavy atom. The minimum absolute atomic E-state index is 0.0144. The summed E-state index contributed by atoms with van der Waals surface area (Å²) in [4.78, 5) is 25.4. The molecule has 3 rings (SSSR count). The molecule has 1 aromatic heterocycles. The van der Waals surface area contributed by atoms with Crippen LogP contribution in [0.2, 0.25) is 0 Å². The third kappa shape index (κ3) is 4.64. The van der Waals surface area contributed by atoms with Gasteiger partial charge in [0.05, 0.1) is 13.2 Å². The molecule has 0 unspecified atom stereocenters. The molecule has 24 heavy (non-hydrogen) atoms. The highest BCUT2D eigenvalue weighted by atomic mass is 16.5. The number of nitrogens with one attached hydrogen (secondary N) is 1. The molecular weight excluding hydrogens is 306 g/mol. The highest BCUT2D eigenvalue weighted by Crippen LogP contribution is 2.17. The second-order valence-corrected chi connectivity index (χ2v) is 6.62. The van der Waals surface area contributed by atoms with E-state index in [1.54, 1.807) is 12.3 Å². The number of hydrogen-bond donors (Lipinski definition) is 1. The number of amides is 1. The normalized spacial score (nSPS) is 20.1. The van der Waals surface area contributed by atoms with Gasteiger partial charge in [-0.05, 0) is 24.8 Å². The van der Waals surface area contributed by atoms with E-state index >= 15 is 0 Å². The molecule has 0 aromatic carbocycles. The van der Waals surface area contributed by atoms with Gasteiger partial charge in [0, 0.05) is 45.5 Å². The second-order valence-electron chi connectivity index (χ2n) is 6.62. The molecular formula is C17H27N5O2. The number of rotatable bonds is 5. The molecule has 0 aliphatic carbocycles. The van der Waals surface area contributed by atoms with Crippen molar-refractivity contribution in [2.24, 2.45) is 5.92 Å². The van der Waals surface area contributed by atoms with Crippen molar-refractivity contribution < 1.29 is 9.53 Å². The summed E-state index contributed by atoms with van der Waals surface area (Å²) in [6, 6.07) is 1.70. The Morgan fingerprint density at radius 3 is 2.79 bits per heavy atom. The first-order chi connectivity index (χ1) is 11.7. The number of carbonyl (C=O) groups excluding carboxylic acids is 1. The van der Waals surface area contributed by atoms with Crippen molar-refractivity contribution in [2.75, 3.05) is 57.8 Å². The van der Waals surface area contributed by atoms with Crippen molar-refractivity contribution in [2.45, 2.75) is 19.8 Å². The predicted octanol–water partition coefficient (Wildman–Crippen LogP) is 1.09. The molecule has 0 saturated carbocycles. The Labute approximate surface area is 143 Å². The Hall–Kier alpha value is -1.73. The maximum Gasteiger partial charge on any atom is 0.272 e. The van der Waals surface area contributed by atoms with Crippen LogP contribution < -0.4 is 5.32 Å². The van der Waals surface area contributed by atoms with Crippen LogP contribution in [-0.2, 0) is 4.74 Å². The second kappa shape index (κ2) is 8.39. The fourth-order valence-electron chi connectivity index (χ4n) is 3.09. The summed E-state index contributed by atoms with van der Waals surface area (Å²) >= 11 is 0. The first-order valence-corrected chi connectivity index (χ1v) is 8.88. The zero-order chi connectivity index (χ0) is 16.8. The van der Waals surface area contributed by atoms with E-state index in [1.807, 2.05) is 4.90 Å². The van der Waals surface area contributed by atoms with Crippen molar-refractivity contribution in [3.63, 3.8) is 0 Å². The number of carbonyl (C=O) groups is 1. The lowest BCUT2D eigenvalue weighted by Gasteiger charge is -2.30. The van der Waals surface area contributed by atoms with Gasteiger partial charge in [0.15, 0.2) is 0 Å². The summed E-state index contributed by atoms with van der Waals surface area (Å²) < 4.78 is 5.34. The molecule has 7 nitrogen and oxygen atoms in total. The zero-order valence-corrected chi connectivity index (χ0v) is 14.4. The molecule has 1 amide bonds. The molecule has 0 bridgehead atoms. The number of aromatic nitrogens is 2. The van der Waals surface area contributed by atoms with Crippen LogP contribution in [0.1, 0.15) is 30.3 Å². The fraction of sp³-hybridized carbons (Fsp3) is 0.706. The van der Waals surface area contributed by atoms with E-state index in [2.05, 4.69) is 27.1 Å². The van der Waals surface area contributed by atoms with Crippen LogP contribution in [0.5, 0.6) is 0 Å². The topological polar surface area (TPSA) is 70.6 Å². The van der Waals surface area contributed by atoms with Crippen LogP contribution in [0, 0.1) is 5.92 Å². The van der Waals surface area contributed by atoms with Crippen molar-refractivity contribution in [1.82, 2.24) is 19.8 Å². The summed E-state index contributed by atoms with van der Waals surface area (Å²) in [7, 11) is 0. The summed E-state index contributed by atoms with van der Waals surface area (Å²) in [6.07, 6.45) is 3.80. The average Bonchev–Trinajstić information content (AvgIpc) is 2.63. The molecule has 2 saturated heterocycles. The number of morpholine rings is 1. The monoisotopic (exact) mass is 333 g/mol. The van der Waals surface area contributed by atoms with Gasteiger partial charge in [-0.25, -0.2) is 9.97 Å². The van der Waals surface area contributed by atoms with E-state index in [0.29, 0.717) is 17.6 Å². The zero-order valence-electron chi connectivity index (χ0n) is 14.4. The van der Waals surface area contributed by atoms with Gasteiger partial charge in [0.2, 0.25) is 5.95 Å². The summed E-state index contributed by atoms with van der Waals surface area (Å²) in [6.45, 7) is 9.11. The van der Waals surface area contributed by atoms with Crippen LogP contribution >= 0.6 is 0 Å². The Bertz CT molecular complexity index is 540. The third-order valence-corrected chi connectivity index (χ3v) is 4.76. The molecule has 1 aromatic rings. The smallest absolute Gasteiger partial charge is 0.272 e. The van der Waals surface area contributed by atoms with Crippen LogP contribution in [-0.4, -0.2) is 78.2 Å². The first-order valence-electron chi connectivity index (χ1n) is 8.88. The molecule has 132 valence electrons. The van der Waals surface area contributed by atoms with Gasteiger partial charge in [0.1, 0.15) is 5.69 Å². The minimum Gasteiger partial charge on any atom is -0.379 e. The maximum absolute atomic E-state index is 12.6. The molecule has 1 N–H and O–H groups in total. The van der Waals surface area contributed by atoms with Gasteiger partial charge in [-0.2, -0.15) is 0 Å². The molecule has 0 atom stereocenters. The SMILES string of the molecule is CC1CCN(C(=O)c2ccnc(NCCN3CCOCC3)n2)CC1. The number of piperidine rings is 1. The van der Waals surface area contributed by atoms with E-state index < -0.39 is 0 Å². The minimum atomic E-state index is 0.0144. The van der Waals surface area contributed by atoms with E-state index in [0.717, 1.165) is 65.3 Å². The lowest BCUT2D eigenvalue weighted by molar-refractivity contribution is 0.0398. The summed E-state index contributed by atoms with van der Waals surface area (Å²) in [5.41, 5.74) is 0.480. The molecule has 3 heterocycles. The standard InChI is InChI=1S/C17H27N5O2/c1-14-3-7-22(8-4-14)16(23)15-2-5-18-17(20-15)19-6-9-21-10-12-24-13-11-21/h2,5,14H,3-4,6-13H2,1H3,(H,18,19,20). The van der Waals surface area contributed by atoms with Gasteiger partial charge in [-0.1, -0.05) is 6.92 Å². The largest absolute Gasteiger partial charge is 0.379 e. The first kappa shape index (κ1) is 17.1. The van der Waals surface area contributed by atoms with Crippen molar-refractivity contribution >= 4 is 11.9 Å². The van der Waals surface area contributed by atoms with Crippen molar-refractivity contribution in [3.05, 3.63) is 18.0 Å². The fourth-order valence-corrected chi connectivity index (χ4v) is 3.09. The van der Waals surface area contributed by atoms with Crippen LogP contribution in [0.25, 0.3) is 0 Å². The van der Waals surface area contributed by atoms with E-state index in [4.69, 9.17) is 4.74 Å². The number of nitrogens with zero attached hydrogens (tertiary/aromatic N) is 4. The van der Waals surface area contributed by atoms with Gasteiger partial charge < -0.3 is 15.0 Å². The number of hydrogen-bond acceptors (Lipinski definition) is 6. The Morgan fingerprint density at radius 2 is 2.04 bits per heavy atom. The molecule has 0 radical (unpaired) electrons. The molecule has 7 heteroatoms. The molecule has 2 aliphatic heterocycles. The predicted molar refractivity (Wildman–Crippen MR) is 92.1 cm³/mol. The van der Waals surface area contributed by atoms with Crippen LogP contribution in [0.15, 0.2) is 12.3 Å². The lowest BCUT2D eigenvalue weighted by atomic mass is 9.99. The van der Waals surface area contributed by atoms with Gasteiger partial charge in [0.25, 0.3) is 5.91 Å². The third-order valence-electron chi connectivity index (χ3n) is 4.76. The highest BCUT2D eigenvalue weighted by molar-refractivity contribution is 5.92. The quantitative estimate of drug-likeness (QED) is 0.870. The van der Waals surface area contributed by atoms with Crippen molar-refractivity contribution in [1.29, 1.82) is 0 Å². The van der Waals surface area contributed by atoms with E-state index in [1.165, 1.54) is 0 Å². The number of likely N-dealkylation sites (tertiary alicyclic amines) is 1. The maximum atomic E-state index is 12.6. The van der Waals surface area contributed by atoms with Crippen LogP contribution in [0.3, 0.4) is 0 Å². The Kier molecular flexibility index (Phi) is 5.98. The molecule has 0 spiro atoms. The van der Waals surface area contributed by atoms with Gasteiger partial charge in [-0.3, -0.25) is 9.69 Å². The number of ether oxygens (including phenoxy) is 1. The van der Waals surface area contributed by atoms with Gasteiger partial charge in [-0.15, -0.1) is 0 Å². The van der Waals surface area contributed by atoms with E-state index in [-0.39, 0.29) is 5.91 Å². The summed E-state index contributed by atoms with van der Waals surface area (Å²) in [5.74, 6) is 1.25. The van der Waals surface area contributed by atoms with Crippen LogP contribution in [0.4, 0.5) is 5.95 Å². The molecule has 2 aliphatic rings.